The quantitative estimate of drug-likeness (QED) is 0.462. The Kier molecular flexibility index (Phi) is 7.43. The van der Waals surface area contributed by atoms with Crippen LogP contribution in [0.15, 0.2) is 54.6 Å². The Labute approximate surface area is 239 Å². The van der Waals surface area contributed by atoms with Crippen molar-refractivity contribution < 1.29 is 19.1 Å². The standard InChI is InChI=1S/C32H35N5O4/c1-20-15-31(39)36(18-20)19-24-5-4-23(32(40)33-25-13-14-37-26(17-25)8-12-30(37)38)16-29(24)41-27-9-6-22(7-10-27)28-11-3-21(2)34-35-28/h3-7,9-11,16,20,25-26H,8,12-15,17-19H2,1-2H3,(H,33,40). The Morgan fingerprint density at radius 2 is 1.85 bits per heavy atom. The number of benzene rings is 2. The van der Waals surface area contributed by atoms with Gasteiger partial charge >= 0.3 is 0 Å². The first-order valence-electron chi connectivity index (χ1n) is 14.4. The highest BCUT2D eigenvalue weighted by atomic mass is 16.5. The van der Waals surface area contributed by atoms with Gasteiger partial charge in [-0.15, -0.1) is 0 Å². The summed E-state index contributed by atoms with van der Waals surface area (Å²) in [5.74, 6) is 1.67. The molecule has 0 radical (unpaired) electrons. The summed E-state index contributed by atoms with van der Waals surface area (Å²) in [6.45, 7) is 5.79. The first kappa shape index (κ1) is 26.9. The number of piperidine rings is 1. The first-order chi connectivity index (χ1) is 19.8. The molecule has 3 aromatic rings. The van der Waals surface area contributed by atoms with Crippen molar-refractivity contribution in [2.45, 2.75) is 64.6 Å². The molecule has 3 atom stereocenters. The first-order valence-corrected chi connectivity index (χ1v) is 14.4. The smallest absolute Gasteiger partial charge is 0.251 e. The SMILES string of the molecule is Cc1ccc(-c2ccc(Oc3cc(C(=O)NC4CCN5C(=O)CCC5C4)ccc3CN3CC(C)CC3=O)cc2)nn1. The minimum atomic E-state index is -0.164. The fourth-order valence-electron chi connectivity index (χ4n) is 6.11. The third-order valence-corrected chi connectivity index (χ3v) is 8.34. The lowest BCUT2D eigenvalue weighted by Crippen LogP contribution is -2.48. The summed E-state index contributed by atoms with van der Waals surface area (Å²) < 4.78 is 6.34. The van der Waals surface area contributed by atoms with Crippen molar-refractivity contribution >= 4 is 17.7 Å². The number of nitrogens with one attached hydrogen (secondary N) is 1. The number of ether oxygens (including phenoxy) is 1. The third kappa shape index (κ3) is 5.94. The van der Waals surface area contributed by atoms with Crippen molar-refractivity contribution in [3.05, 3.63) is 71.4 Å². The molecule has 4 heterocycles. The van der Waals surface area contributed by atoms with Gasteiger partial charge in [0.15, 0.2) is 0 Å². The fraction of sp³-hybridized carbons (Fsp3) is 0.406. The predicted molar refractivity (Wildman–Crippen MR) is 153 cm³/mol. The van der Waals surface area contributed by atoms with Crippen LogP contribution in [0.2, 0.25) is 0 Å². The Balaban J connectivity index is 1.21. The van der Waals surface area contributed by atoms with Gasteiger partial charge < -0.3 is 19.9 Å². The van der Waals surface area contributed by atoms with E-state index in [1.807, 2.05) is 59.2 Å². The number of fused-ring (bicyclic) bond motifs is 1. The molecule has 3 amide bonds. The number of aromatic nitrogens is 2. The molecule has 0 spiro atoms. The number of hydrogen-bond donors (Lipinski definition) is 1. The van der Waals surface area contributed by atoms with Gasteiger partial charge in [0.25, 0.3) is 5.91 Å². The van der Waals surface area contributed by atoms with Crippen LogP contribution in [0, 0.1) is 12.8 Å². The van der Waals surface area contributed by atoms with Crippen LogP contribution in [0.1, 0.15) is 60.6 Å². The Hall–Kier alpha value is -4.27. The molecule has 3 unspecified atom stereocenters. The number of nitrogens with zero attached hydrogens (tertiary/aromatic N) is 4. The van der Waals surface area contributed by atoms with Crippen LogP contribution in [0.25, 0.3) is 11.3 Å². The van der Waals surface area contributed by atoms with Crippen molar-refractivity contribution in [3.63, 3.8) is 0 Å². The van der Waals surface area contributed by atoms with Gasteiger partial charge in [0.2, 0.25) is 11.8 Å². The minimum Gasteiger partial charge on any atom is -0.457 e. The van der Waals surface area contributed by atoms with E-state index in [-0.39, 0.29) is 29.8 Å². The summed E-state index contributed by atoms with van der Waals surface area (Å²) in [6.07, 6.45) is 3.55. The van der Waals surface area contributed by atoms with Crippen molar-refractivity contribution in [3.8, 4) is 22.8 Å². The monoisotopic (exact) mass is 553 g/mol. The second-order valence-corrected chi connectivity index (χ2v) is 11.6. The maximum Gasteiger partial charge on any atom is 0.251 e. The molecular weight excluding hydrogens is 518 g/mol. The topological polar surface area (TPSA) is 105 Å². The van der Waals surface area contributed by atoms with Gasteiger partial charge in [0.1, 0.15) is 11.5 Å². The van der Waals surface area contributed by atoms with Crippen molar-refractivity contribution in [1.82, 2.24) is 25.3 Å². The molecule has 0 bridgehead atoms. The van der Waals surface area contributed by atoms with E-state index in [0.717, 1.165) is 41.8 Å². The van der Waals surface area contributed by atoms with Gasteiger partial charge in [-0.2, -0.15) is 10.2 Å². The number of aryl methyl sites for hydroxylation is 1. The van der Waals surface area contributed by atoms with Gasteiger partial charge in [-0.25, -0.2) is 0 Å². The zero-order valence-electron chi connectivity index (χ0n) is 23.5. The molecule has 41 heavy (non-hydrogen) atoms. The molecular formula is C32H35N5O4. The highest BCUT2D eigenvalue weighted by Gasteiger charge is 2.36. The van der Waals surface area contributed by atoms with E-state index in [1.165, 1.54) is 0 Å². The van der Waals surface area contributed by atoms with Gasteiger partial charge in [0.05, 0.1) is 11.4 Å². The zero-order chi connectivity index (χ0) is 28.5. The van der Waals surface area contributed by atoms with E-state index in [1.54, 1.807) is 12.1 Å². The Morgan fingerprint density at radius 3 is 2.59 bits per heavy atom. The van der Waals surface area contributed by atoms with Gasteiger partial charge in [-0.1, -0.05) is 13.0 Å². The summed E-state index contributed by atoms with van der Waals surface area (Å²) in [6, 6.07) is 17.1. The van der Waals surface area contributed by atoms with E-state index in [2.05, 4.69) is 22.4 Å². The zero-order valence-corrected chi connectivity index (χ0v) is 23.5. The molecule has 3 aliphatic rings. The summed E-state index contributed by atoms with van der Waals surface area (Å²) >= 11 is 0. The van der Waals surface area contributed by atoms with Crippen LogP contribution >= 0.6 is 0 Å². The second-order valence-electron chi connectivity index (χ2n) is 11.6. The van der Waals surface area contributed by atoms with E-state index in [9.17, 15) is 14.4 Å². The molecule has 3 aliphatic heterocycles. The summed E-state index contributed by atoms with van der Waals surface area (Å²) in [4.78, 5) is 41.7. The van der Waals surface area contributed by atoms with Crippen molar-refractivity contribution in [2.24, 2.45) is 5.92 Å². The molecule has 9 nitrogen and oxygen atoms in total. The number of likely N-dealkylation sites (tertiary alicyclic amines) is 1. The predicted octanol–water partition coefficient (Wildman–Crippen LogP) is 4.50. The minimum absolute atomic E-state index is 0.0276. The molecule has 0 aliphatic carbocycles. The van der Waals surface area contributed by atoms with Crippen molar-refractivity contribution in [2.75, 3.05) is 13.1 Å². The van der Waals surface area contributed by atoms with Crippen LogP contribution in [0.5, 0.6) is 11.5 Å². The molecule has 0 saturated carbocycles. The number of carbonyl (C=O) groups is 3. The maximum absolute atomic E-state index is 13.3. The molecule has 2 aromatic carbocycles. The molecule has 3 fully saturated rings. The van der Waals surface area contributed by atoms with Crippen LogP contribution in [-0.4, -0.2) is 62.9 Å². The highest BCUT2D eigenvalue weighted by Crippen LogP contribution is 2.32. The van der Waals surface area contributed by atoms with Crippen LogP contribution in [-0.2, 0) is 16.1 Å². The number of hydrogen-bond acceptors (Lipinski definition) is 6. The van der Waals surface area contributed by atoms with E-state index in [4.69, 9.17) is 4.74 Å². The molecule has 212 valence electrons. The average molecular weight is 554 g/mol. The Morgan fingerprint density at radius 1 is 1.02 bits per heavy atom. The number of rotatable bonds is 7. The van der Waals surface area contributed by atoms with Crippen molar-refractivity contribution in [1.29, 1.82) is 0 Å². The maximum atomic E-state index is 13.3. The molecule has 1 N–H and O–H groups in total. The number of amides is 3. The van der Waals surface area contributed by atoms with Crippen LogP contribution in [0.3, 0.4) is 0 Å². The summed E-state index contributed by atoms with van der Waals surface area (Å²) in [5.41, 5.74) is 3.90. The normalized spacial score (nSPS) is 22.1. The van der Waals surface area contributed by atoms with E-state index >= 15 is 0 Å². The second kappa shape index (κ2) is 11.3. The van der Waals surface area contributed by atoms with Crippen LogP contribution < -0.4 is 10.1 Å². The third-order valence-electron chi connectivity index (χ3n) is 8.34. The van der Waals surface area contributed by atoms with Crippen LogP contribution in [0.4, 0.5) is 0 Å². The number of carbonyl (C=O) groups excluding carboxylic acids is 3. The molecule has 3 saturated heterocycles. The van der Waals surface area contributed by atoms with Gasteiger partial charge in [-0.05, 0) is 80.6 Å². The molecule has 6 rings (SSSR count). The highest BCUT2D eigenvalue weighted by molar-refractivity contribution is 5.95. The Bertz CT molecular complexity index is 1460. The average Bonchev–Trinajstić information content (AvgIpc) is 3.49. The lowest BCUT2D eigenvalue weighted by atomic mass is 9.97. The van der Waals surface area contributed by atoms with E-state index in [0.29, 0.717) is 55.5 Å². The summed E-state index contributed by atoms with van der Waals surface area (Å²) in [7, 11) is 0. The van der Waals surface area contributed by atoms with Gasteiger partial charge in [-0.3, -0.25) is 14.4 Å². The summed E-state index contributed by atoms with van der Waals surface area (Å²) in [5, 5.41) is 11.6. The molecule has 9 heteroatoms. The molecule has 1 aromatic heterocycles. The lowest BCUT2D eigenvalue weighted by Gasteiger charge is -2.35. The van der Waals surface area contributed by atoms with E-state index < -0.39 is 0 Å². The lowest BCUT2D eigenvalue weighted by molar-refractivity contribution is -0.130. The largest absolute Gasteiger partial charge is 0.457 e. The fourth-order valence-corrected chi connectivity index (χ4v) is 6.11. The van der Waals surface area contributed by atoms with Gasteiger partial charge in [0, 0.05) is 61.2 Å².